The Labute approximate surface area is 205 Å². The molecule has 6 heteroatoms. The summed E-state index contributed by atoms with van der Waals surface area (Å²) in [6.07, 6.45) is -0.873. The van der Waals surface area contributed by atoms with Crippen LogP contribution in [0.2, 0.25) is 5.04 Å². The minimum atomic E-state index is -3.60. The van der Waals surface area contributed by atoms with Gasteiger partial charge >= 0.3 is 0 Å². The van der Waals surface area contributed by atoms with Gasteiger partial charge in [-0.1, -0.05) is 113 Å². The van der Waals surface area contributed by atoms with Crippen molar-refractivity contribution < 1.29 is 17.6 Å². The van der Waals surface area contributed by atoms with E-state index in [1.165, 1.54) is 10.4 Å². The molecule has 1 aliphatic rings. The molecule has 0 bridgehead atoms. The van der Waals surface area contributed by atoms with Crippen LogP contribution in [-0.2, 0) is 19.0 Å². The second-order valence-corrected chi connectivity index (χ2v) is 16.6. The zero-order valence-electron chi connectivity index (χ0n) is 20.5. The fraction of sp³-hybridized carbons (Fsp3) is 0.357. The van der Waals surface area contributed by atoms with Crippen molar-refractivity contribution in [1.29, 1.82) is 0 Å². The Morgan fingerprint density at radius 1 is 0.794 bits per heavy atom. The molecular weight excluding hydrogens is 460 g/mol. The SMILES string of the molecule is CC(C)[C@H](O[Si](c1ccccc1)(c1ccccc1)C(C)(C)C)C1O[C@H]1S(=O)(=O)c1ccccc1. The molecule has 3 atom stereocenters. The fourth-order valence-corrected chi connectivity index (χ4v) is 11.2. The molecule has 1 heterocycles. The zero-order valence-corrected chi connectivity index (χ0v) is 22.3. The average molecular weight is 495 g/mol. The minimum Gasteiger partial charge on any atom is -0.401 e. The van der Waals surface area contributed by atoms with Crippen LogP contribution in [0, 0.1) is 5.92 Å². The van der Waals surface area contributed by atoms with Crippen LogP contribution in [0.1, 0.15) is 34.6 Å². The number of sulfone groups is 1. The van der Waals surface area contributed by atoms with E-state index in [0.29, 0.717) is 0 Å². The first-order chi connectivity index (χ1) is 16.1. The Hall–Kier alpha value is -2.25. The van der Waals surface area contributed by atoms with Crippen LogP contribution in [0.3, 0.4) is 0 Å². The first-order valence-electron chi connectivity index (χ1n) is 11.8. The summed E-state index contributed by atoms with van der Waals surface area (Å²) in [5.41, 5.74) is -0.888. The topological polar surface area (TPSA) is 55.9 Å². The van der Waals surface area contributed by atoms with E-state index in [1.807, 2.05) is 18.2 Å². The number of epoxide rings is 1. The van der Waals surface area contributed by atoms with E-state index in [-0.39, 0.29) is 22.0 Å². The van der Waals surface area contributed by atoms with Gasteiger partial charge in [0.2, 0.25) is 9.84 Å². The van der Waals surface area contributed by atoms with E-state index in [0.717, 1.165) is 0 Å². The summed E-state index contributed by atoms with van der Waals surface area (Å²) in [6, 6.07) is 29.4. The second-order valence-electron chi connectivity index (χ2n) is 10.3. The van der Waals surface area contributed by atoms with E-state index < -0.39 is 29.7 Å². The molecular formula is C28H34O4SSi. The van der Waals surface area contributed by atoms with Gasteiger partial charge in [-0.25, -0.2) is 8.42 Å². The smallest absolute Gasteiger partial charge is 0.261 e. The van der Waals surface area contributed by atoms with E-state index in [9.17, 15) is 8.42 Å². The second kappa shape index (κ2) is 9.42. The van der Waals surface area contributed by atoms with Gasteiger partial charge in [0, 0.05) is 0 Å². The zero-order chi connectivity index (χ0) is 24.6. The van der Waals surface area contributed by atoms with Crippen molar-refractivity contribution in [2.75, 3.05) is 0 Å². The lowest BCUT2D eigenvalue weighted by molar-refractivity contribution is 0.106. The van der Waals surface area contributed by atoms with Gasteiger partial charge in [-0.2, -0.15) is 0 Å². The summed E-state index contributed by atoms with van der Waals surface area (Å²) in [5.74, 6) is 0.0719. The molecule has 3 aromatic rings. The van der Waals surface area contributed by atoms with Crippen molar-refractivity contribution in [3.63, 3.8) is 0 Å². The molecule has 4 rings (SSSR count). The van der Waals surface area contributed by atoms with Gasteiger partial charge in [0.05, 0.1) is 11.0 Å². The van der Waals surface area contributed by atoms with Crippen molar-refractivity contribution >= 4 is 28.5 Å². The molecule has 1 fully saturated rings. The van der Waals surface area contributed by atoms with Crippen LogP contribution in [0.15, 0.2) is 95.9 Å². The minimum absolute atomic E-state index is 0.0719. The largest absolute Gasteiger partial charge is 0.401 e. The quantitative estimate of drug-likeness (QED) is 0.334. The van der Waals surface area contributed by atoms with Crippen LogP contribution < -0.4 is 10.4 Å². The lowest BCUT2D eigenvalue weighted by Gasteiger charge is -2.45. The third kappa shape index (κ3) is 4.52. The summed E-state index contributed by atoms with van der Waals surface area (Å²) >= 11 is 0. The number of benzene rings is 3. The van der Waals surface area contributed by atoms with E-state index in [1.54, 1.807) is 24.3 Å². The lowest BCUT2D eigenvalue weighted by Crippen LogP contribution is -2.68. The Morgan fingerprint density at radius 2 is 1.24 bits per heavy atom. The Morgan fingerprint density at radius 3 is 1.65 bits per heavy atom. The summed E-state index contributed by atoms with van der Waals surface area (Å²) in [5, 5.41) is 2.14. The number of hydrogen-bond acceptors (Lipinski definition) is 4. The van der Waals surface area contributed by atoms with Crippen molar-refractivity contribution in [2.45, 2.75) is 62.2 Å². The van der Waals surface area contributed by atoms with Crippen LogP contribution in [0.5, 0.6) is 0 Å². The van der Waals surface area contributed by atoms with Gasteiger partial charge in [-0.05, 0) is 33.5 Å². The molecule has 4 nitrogen and oxygen atoms in total. The molecule has 1 aliphatic heterocycles. The molecule has 1 unspecified atom stereocenters. The van der Waals surface area contributed by atoms with Crippen molar-refractivity contribution in [2.24, 2.45) is 5.92 Å². The van der Waals surface area contributed by atoms with Crippen LogP contribution in [0.25, 0.3) is 0 Å². The van der Waals surface area contributed by atoms with Crippen molar-refractivity contribution in [3.05, 3.63) is 91.0 Å². The van der Waals surface area contributed by atoms with Gasteiger partial charge in [-0.15, -0.1) is 0 Å². The molecule has 0 aromatic heterocycles. The van der Waals surface area contributed by atoms with Crippen molar-refractivity contribution in [1.82, 2.24) is 0 Å². The maximum absolute atomic E-state index is 13.3. The highest BCUT2D eigenvalue weighted by molar-refractivity contribution is 7.92. The number of hydrogen-bond donors (Lipinski definition) is 0. The van der Waals surface area contributed by atoms with E-state index >= 15 is 0 Å². The molecule has 0 spiro atoms. The highest BCUT2D eigenvalue weighted by atomic mass is 32.2. The summed E-state index contributed by atoms with van der Waals surface area (Å²) in [6.45, 7) is 10.8. The van der Waals surface area contributed by atoms with E-state index in [2.05, 4.69) is 83.1 Å². The first kappa shape index (κ1) is 24.9. The standard InChI is InChI=1S/C28H34O4SSi/c1-21(2)25(26-27(31-26)33(29,30)22-15-9-6-10-16-22)32-34(28(3,4)5,23-17-11-7-12-18-23)24-19-13-8-14-20-24/h6-21,25-27H,1-5H3/t25-,26?,27-/m0/s1. The highest BCUT2D eigenvalue weighted by Gasteiger charge is 2.59. The Kier molecular flexibility index (Phi) is 6.89. The molecule has 0 N–H and O–H groups in total. The van der Waals surface area contributed by atoms with E-state index in [4.69, 9.17) is 9.16 Å². The lowest BCUT2D eigenvalue weighted by atomic mass is 10.1. The van der Waals surface area contributed by atoms with Crippen molar-refractivity contribution in [3.8, 4) is 0 Å². The molecule has 3 aromatic carbocycles. The third-order valence-electron chi connectivity index (χ3n) is 6.57. The Bertz CT molecular complexity index is 1150. The number of ether oxygens (including phenoxy) is 1. The third-order valence-corrected chi connectivity index (χ3v) is 13.5. The molecule has 180 valence electrons. The van der Waals surface area contributed by atoms with Crippen LogP contribution in [0.4, 0.5) is 0 Å². The summed E-state index contributed by atoms with van der Waals surface area (Å²) in [4.78, 5) is 0.287. The van der Waals surface area contributed by atoms with Gasteiger partial charge in [0.1, 0.15) is 6.10 Å². The normalized spacial score (nSPS) is 19.7. The molecule has 0 aliphatic carbocycles. The highest BCUT2D eigenvalue weighted by Crippen LogP contribution is 2.43. The summed E-state index contributed by atoms with van der Waals surface area (Å²) in [7, 11) is -6.44. The first-order valence-corrected chi connectivity index (χ1v) is 15.3. The van der Waals surface area contributed by atoms with Gasteiger partial charge in [0.15, 0.2) is 5.44 Å². The summed E-state index contributed by atoms with van der Waals surface area (Å²) < 4.78 is 39.7. The number of rotatable bonds is 8. The van der Waals surface area contributed by atoms with Gasteiger partial charge < -0.3 is 9.16 Å². The monoisotopic (exact) mass is 494 g/mol. The van der Waals surface area contributed by atoms with Crippen LogP contribution >= 0.6 is 0 Å². The molecule has 0 saturated carbocycles. The van der Waals surface area contributed by atoms with Gasteiger partial charge in [-0.3, -0.25) is 0 Å². The fourth-order valence-electron chi connectivity index (χ4n) is 4.81. The predicted molar refractivity (Wildman–Crippen MR) is 140 cm³/mol. The predicted octanol–water partition coefficient (Wildman–Crippen LogP) is 4.79. The average Bonchev–Trinajstić information content (AvgIpc) is 3.62. The maximum Gasteiger partial charge on any atom is 0.261 e. The molecule has 0 amide bonds. The Balaban J connectivity index is 1.77. The molecule has 1 saturated heterocycles. The van der Waals surface area contributed by atoms with Crippen LogP contribution in [-0.4, -0.2) is 34.4 Å². The molecule has 34 heavy (non-hydrogen) atoms. The van der Waals surface area contributed by atoms with Gasteiger partial charge in [0.25, 0.3) is 8.32 Å². The maximum atomic E-state index is 13.3. The molecule has 0 radical (unpaired) electrons.